The molecule has 2 aromatic heterocycles. The number of aromatic hydroxyl groups is 1. The third kappa shape index (κ3) is 7.06. The molecule has 0 saturated heterocycles. The highest BCUT2D eigenvalue weighted by Crippen LogP contribution is 2.23. The predicted molar refractivity (Wildman–Crippen MR) is 154 cm³/mol. The second kappa shape index (κ2) is 13.7. The maximum absolute atomic E-state index is 14.3. The Kier molecular flexibility index (Phi) is 10.3. The largest absolute Gasteiger partial charge is 0.503 e. The number of pyridine rings is 1. The van der Waals surface area contributed by atoms with Crippen LogP contribution in [-0.4, -0.2) is 61.2 Å². The molecule has 3 heterocycles. The molecule has 0 saturated carbocycles. The fourth-order valence-corrected chi connectivity index (χ4v) is 4.14. The van der Waals surface area contributed by atoms with Crippen molar-refractivity contribution in [3.63, 3.8) is 0 Å². The summed E-state index contributed by atoms with van der Waals surface area (Å²) in [6.45, 7) is 8.00. The summed E-state index contributed by atoms with van der Waals surface area (Å²) in [5.41, 5.74) is 5.02. The topological polar surface area (TPSA) is 179 Å². The molecule has 1 aliphatic rings. The Bertz CT molecular complexity index is 1560. The maximum atomic E-state index is 14.3. The van der Waals surface area contributed by atoms with Crippen molar-refractivity contribution in [1.29, 1.82) is 5.41 Å². The number of benzene rings is 1. The second-order valence-electron chi connectivity index (χ2n) is 9.78. The smallest absolute Gasteiger partial charge is 0.274 e. The van der Waals surface area contributed by atoms with E-state index in [9.17, 15) is 28.3 Å². The van der Waals surface area contributed by atoms with E-state index in [1.165, 1.54) is 22.0 Å². The van der Waals surface area contributed by atoms with E-state index in [2.05, 4.69) is 34.4 Å². The number of amides is 2. The zero-order valence-electron chi connectivity index (χ0n) is 23.8. The van der Waals surface area contributed by atoms with Gasteiger partial charge in [0.2, 0.25) is 11.3 Å². The Labute approximate surface area is 241 Å². The maximum Gasteiger partial charge on any atom is 0.274 e. The molecule has 0 unspecified atom stereocenters. The number of carbonyl (C=O) groups excluding carboxylic acids is 2. The first kappa shape index (κ1) is 31.6. The van der Waals surface area contributed by atoms with Crippen LogP contribution in [0.3, 0.4) is 0 Å². The number of halogens is 2. The van der Waals surface area contributed by atoms with Crippen LogP contribution in [0, 0.1) is 17.0 Å². The van der Waals surface area contributed by atoms with Gasteiger partial charge in [-0.2, -0.15) is 0 Å². The minimum Gasteiger partial charge on any atom is -0.503 e. The minimum atomic E-state index is -0.890. The Balaban J connectivity index is 0.00000155. The number of nitrogens with two attached hydrogens (primary N) is 1. The highest BCUT2D eigenvalue weighted by molar-refractivity contribution is 6.11. The SMILES string of the molecule is CC(C)N1CCn2c(CNC(=O)CNc3nc(C(=N)c4cc(F)ccc4N)ncc3F)cc(=O)c(O)c2C1=O.CCC. The molecule has 0 bridgehead atoms. The molecule has 1 aliphatic heterocycles. The summed E-state index contributed by atoms with van der Waals surface area (Å²) in [6.07, 6.45) is 2.05. The molecular formula is C28H34F2N8O4. The minimum absolute atomic E-state index is 0.0211. The summed E-state index contributed by atoms with van der Waals surface area (Å²) in [4.78, 5) is 46.8. The molecule has 6 N–H and O–H groups in total. The van der Waals surface area contributed by atoms with Crippen molar-refractivity contribution in [2.24, 2.45) is 0 Å². The number of rotatable bonds is 8. The summed E-state index contributed by atoms with van der Waals surface area (Å²) in [6, 6.07) is 4.46. The number of carbonyl (C=O) groups is 2. The van der Waals surface area contributed by atoms with Crippen molar-refractivity contribution in [1.82, 2.24) is 24.8 Å². The number of fused-ring (bicyclic) bond motifs is 1. The summed E-state index contributed by atoms with van der Waals surface area (Å²) in [7, 11) is 0. The van der Waals surface area contributed by atoms with Gasteiger partial charge in [0.25, 0.3) is 5.91 Å². The number of hydrogen-bond donors (Lipinski definition) is 5. The Morgan fingerprint density at radius 2 is 1.88 bits per heavy atom. The van der Waals surface area contributed by atoms with Crippen molar-refractivity contribution in [2.75, 3.05) is 24.1 Å². The number of nitrogens with one attached hydrogen (secondary N) is 3. The van der Waals surface area contributed by atoms with Crippen molar-refractivity contribution >= 4 is 29.0 Å². The van der Waals surface area contributed by atoms with Crippen LogP contribution in [0.2, 0.25) is 0 Å². The Hall–Kier alpha value is -4.88. The van der Waals surface area contributed by atoms with Gasteiger partial charge in [0.15, 0.2) is 28.9 Å². The normalized spacial score (nSPS) is 12.4. The van der Waals surface area contributed by atoms with E-state index in [-0.39, 0.29) is 46.9 Å². The average Bonchev–Trinajstić information content (AvgIpc) is 2.94. The second-order valence-corrected chi connectivity index (χ2v) is 9.78. The van der Waals surface area contributed by atoms with Gasteiger partial charge >= 0.3 is 0 Å². The van der Waals surface area contributed by atoms with E-state index in [1.807, 2.05) is 13.8 Å². The van der Waals surface area contributed by atoms with Crippen LogP contribution in [-0.2, 0) is 17.9 Å². The van der Waals surface area contributed by atoms with E-state index in [1.54, 1.807) is 0 Å². The van der Waals surface area contributed by atoms with Crippen molar-refractivity contribution < 1.29 is 23.5 Å². The number of anilines is 2. The van der Waals surface area contributed by atoms with Gasteiger partial charge in [-0.25, -0.2) is 18.7 Å². The molecule has 2 amide bonds. The number of nitrogens with zero attached hydrogens (tertiary/aromatic N) is 4. The van der Waals surface area contributed by atoms with E-state index in [0.29, 0.717) is 18.8 Å². The summed E-state index contributed by atoms with van der Waals surface area (Å²) in [5.74, 6) is -3.86. The molecular weight excluding hydrogens is 550 g/mol. The molecule has 3 aromatic rings. The molecule has 0 fully saturated rings. The molecule has 224 valence electrons. The van der Waals surface area contributed by atoms with Crippen molar-refractivity contribution in [3.8, 4) is 5.75 Å². The van der Waals surface area contributed by atoms with Crippen LogP contribution in [0.25, 0.3) is 0 Å². The summed E-state index contributed by atoms with van der Waals surface area (Å²) < 4.78 is 29.4. The molecule has 0 atom stereocenters. The van der Waals surface area contributed by atoms with Gasteiger partial charge in [0, 0.05) is 42.1 Å². The van der Waals surface area contributed by atoms with Crippen LogP contribution >= 0.6 is 0 Å². The van der Waals surface area contributed by atoms with Crippen molar-refractivity contribution in [2.45, 2.75) is 53.2 Å². The first-order valence-electron chi connectivity index (χ1n) is 13.3. The van der Waals surface area contributed by atoms with Crippen LogP contribution in [0.15, 0.2) is 35.3 Å². The molecule has 1 aromatic carbocycles. The number of hydrogen-bond acceptors (Lipinski definition) is 9. The van der Waals surface area contributed by atoms with E-state index in [4.69, 9.17) is 11.1 Å². The van der Waals surface area contributed by atoms with Gasteiger partial charge in [-0.1, -0.05) is 20.3 Å². The number of aromatic nitrogens is 3. The standard InChI is InChI=1S/C25H26F2N8O4.C3H8/c1-12(2)34-5-6-35-14(8-18(36)22(38)21(35)25(34)39)9-30-19(37)11-32-23-16(27)10-31-24(33-23)20(29)15-7-13(26)3-4-17(15)28;1-3-2/h3-4,7-8,10,12,29,38H,5-6,9,11,28H2,1-2H3,(H,30,37)(H,31,32,33);3H2,1-2H3. The Morgan fingerprint density at radius 3 is 2.55 bits per heavy atom. The van der Waals surface area contributed by atoms with Gasteiger partial charge in [0.1, 0.15) is 11.5 Å². The first-order chi connectivity index (χ1) is 19.9. The van der Waals surface area contributed by atoms with Gasteiger partial charge in [0.05, 0.1) is 19.3 Å². The van der Waals surface area contributed by atoms with Crippen LogP contribution in [0.4, 0.5) is 20.3 Å². The molecule has 14 heteroatoms. The average molecular weight is 585 g/mol. The summed E-state index contributed by atoms with van der Waals surface area (Å²) in [5, 5.41) is 23.6. The zero-order valence-corrected chi connectivity index (χ0v) is 23.8. The lowest BCUT2D eigenvalue weighted by Gasteiger charge is -2.34. The molecule has 0 spiro atoms. The van der Waals surface area contributed by atoms with E-state index >= 15 is 0 Å². The lowest BCUT2D eigenvalue weighted by molar-refractivity contribution is -0.119. The molecule has 0 aliphatic carbocycles. The number of nitrogen functional groups attached to an aromatic ring is 1. The Morgan fingerprint density at radius 1 is 1.19 bits per heavy atom. The van der Waals surface area contributed by atoms with Crippen LogP contribution in [0.5, 0.6) is 5.75 Å². The molecule has 42 heavy (non-hydrogen) atoms. The van der Waals surface area contributed by atoms with E-state index < -0.39 is 41.2 Å². The van der Waals surface area contributed by atoms with Crippen molar-refractivity contribution in [3.05, 3.63) is 75.1 Å². The van der Waals surface area contributed by atoms with Gasteiger partial charge in [-0.05, 0) is 32.0 Å². The third-order valence-electron chi connectivity index (χ3n) is 6.16. The molecule has 0 radical (unpaired) electrons. The molecule has 4 rings (SSSR count). The van der Waals surface area contributed by atoms with Gasteiger partial charge in [-0.15, -0.1) is 0 Å². The quantitative estimate of drug-likeness (QED) is 0.198. The predicted octanol–water partition coefficient (Wildman–Crippen LogP) is 2.63. The highest BCUT2D eigenvalue weighted by Gasteiger charge is 2.31. The lowest BCUT2D eigenvalue weighted by atomic mass is 10.1. The fraction of sp³-hybridized carbons (Fsp3) is 0.357. The third-order valence-corrected chi connectivity index (χ3v) is 6.16. The fourth-order valence-electron chi connectivity index (χ4n) is 4.14. The molecule has 12 nitrogen and oxygen atoms in total. The van der Waals surface area contributed by atoms with Gasteiger partial charge in [-0.3, -0.25) is 19.8 Å². The van der Waals surface area contributed by atoms with Crippen LogP contribution < -0.4 is 21.8 Å². The van der Waals surface area contributed by atoms with Gasteiger partial charge < -0.3 is 30.9 Å². The first-order valence-corrected chi connectivity index (χ1v) is 13.3. The van der Waals surface area contributed by atoms with Crippen LogP contribution in [0.1, 0.15) is 61.7 Å². The summed E-state index contributed by atoms with van der Waals surface area (Å²) >= 11 is 0. The van der Waals surface area contributed by atoms with E-state index in [0.717, 1.165) is 24.4 Å². The lowest BCUT2D eigenvalue weighted by Crippen LogP contribution is -2.46. The zero-order chi connectivity index (χ0) is 31.1. The highest BCUT2D eigenvalue weighted by atomic mass is 19.1. The monoisotopic (exact) mass is 584 g/mol.